The van der Waals surface area contributed by atoms with E-state index in [1.807, 2.05) is 51.1 Å². The molecule has 3 atom stereocenters. The van der Waals surface area contributed by atoms with Crippen molar-refractivity contribution in [3.8, 4) is 5.69 Å². The molecule has 3 aromatic rings. The predicted molar refractivity (Wildman–Crippen MR) is 200 cm³/mol. The van der Waals surface area contributed by atoms with Crippen molar-refractivity contribution in [3.63, 3.8) is 0 Å². The molecular weight excluding hydrogens is 783 g/mol. The van der Waals surface area contributed by atoms with Crippen LogP contribution in [0.4, 0.5) is 22.0 Å². The summed E-state index contributed by atoms with van der Waals surface area (Å²) in [5.74, 6) is -6.23. The number of hydrogen-bond donors (Lipinski definition) is 6. The van der Waals surface area contributed by atoms with Gasteiger partial charge in [0.2, 0.25) is 11.8 Å². The van der Waals surface area contributed by atoms with Gasteiger partial charge in [0.15, 0.2) is 0 Å². The van der Waals surface area contributed by atoms with Crippen molar-refractivity contribution in [1.82, 2.24) is 20.0 Å². The summed E-state index contributed by atoms with van der Waals surface area (Å²) in [6.07, 6.45) is -2.57. The third-order valence-electron chi connectivity index (χ3n) is 8.13. The lowest BCUT2D eigenvalue weighted by molar-refractivity contribution is -0.192. The first kappa shape index (κ1) is 48.2. The van der Waals surface area contributed by atoms with Gasteiger partial charge in [-0.2, -0.15) is 30.0 Å². The number of nitrogens with zero attached hydrogens (tertiary/aromatic N) is 3. The van der Waals surface area contributed by atoms with Crippen LogP contribution in [0.25, 0.3) is 5.69 Å². The van der Waals surface area contributed by atoms with Gasteiger partial charge in [0.05, 0.1) is 23.5 Å². The van der Waals surface area contributed by atoms with E-state index in [4.69, 9.17) is 31.6 Å². The molecule has 314 valence electrons. The number of carboxylic acids is 2. The molecule has 8 N–H and O–H groups in total. The number of rotatable bonds is 19. The molecule has 1 aromatic heterocycles. The summed E-state index contributed by atoms with van der Waals surface area (Å²) in [6, 6.07) is 9.65. The second-order valence-electron chi connectivity index (χ2n) is 13.8. The minimum absolute atomic E-state index is 0.0246. The minimum Gasteiger partial charge on any atom is -0.480 e. The van der Waals surface area contributed by atoms with Gasteiger partial charge in [-0.3, -0.25) is 19.2 Å². The van der Waals surface area contributed by atoms with E-state index in [0.717, 1.165) is 35.5 Å². The van der Waals surface area contributed by atoms with Crippen LogP contribution in [-0.2, 0) is 30.4 Å². The maximum absolute atomic E-state index is 14.9. The van der Waals surface area contributed by atoms with Gasteiger partial charge in [0, 0.05) is 49.5 Å². The average Bonchev–Trinajstić information content (AvgIpc) is 3.53. The van der Waals surface area contributed by atoms with Crippen LogP contribution in [0.2, 0.25) is 0 Å². The number of ketones is 1. The number of carbonyl (C=O) groups excluding carboxylic acids is 3. The van der Waals surface area contributed by atoms with Crippen molar-refractivity contribution in [2.45, 2.75) is 70.8 Å². The first-order valence-corrected chi connectivity index (χ1v) is 18.6. The molecule has 0 saturated heterocycles. The Morgan fingerprint density at radius 2 is 1.61 bits per heavy atom. The van der Waals surface area contributed by atoms with Crippen LogP contribution in [0.15, 0.2) is 54.7 Å². The molecule has 0 aliphatic carbocycles. The number of thioether (sulfide) groups is 1. The number of aliphatic carboxylic acids is 2. The highest BCUT2D eigenvalue weighted by molar-refractivity contribution is 8.00. The van der Waals surface area contributed by atoms with Crippen LogP contribution in [0.1, 0.15) is 62.9 Å². The lowest BCUT2D eigenvalue weighted by Gasteiger charge is -2.40. The average molecular weight is 831 g/mol. The van der Waals surface area contributed by atoms with Gasteiger partial charge in [-0.15, -0.1) is 0 Å². The largest absolute Gasteiger partial charge is 0.490 e. The summed E-state index contributed by atoms with van der Waals surface area (Å²) in [4.78, 5) is 59.4. The normalized spacial score (nSPS) is 13.1. The first-order valence-electron chi connectivity index (χ1n) is 17.5. The lowest BCUT2D eigenvalue weighted by atomic mass is 9.81. The van der Waals surface area contributed by atoms with E-state index in [1.165, 1.54) is 9.58 Å². The standard InChI is InChI=1S/C35H46F2N6O6S.C2HF3O2/c1-35(2,3)32(31-23(16-22-8-5-4-6-9-22)18-43(41-31)29-17-24(36)11-12-26(29)37)42(30(46)19-44)15-13-27(38)33(47)40-14-7-10-25(45)20-50-21-28(39)34(48)49;3-2(4,5)1(6)7/h4-6,8-9,11-12,17-18,27-28,32,44H,7,10,13-16,19-21,38-39H2,1-3H3,(H,40,47)(H,48,49);(H,6,7)/t27-,28-,32-;/m0./s1. The maximum Gasteiger partial charge on any atom is 0.490 e. The Bertz CT molecular complexity index is 1820. The molecular formula is C37H47F5N6O8S. The van der Waals surface area contributed by atoms with E-state index in [1.54, 1.807) is 6.20 Å². The van der Waals surface area contributed by atoms with Crippen molar-refractivity contribution in [1.29, 1.82) is 0 Å². The van der Waals surface area contributed by atoms with Gasteiger partial charge in [0.1, 0.15) is 35.8 Å². The SMILES string of the molecule is CC(C)(C)[C@H](c1nn(-c2cc(F)ccc2F)cc1Cc1ccccc1)N(CC[C@H](N)C(=O)NCCCC(=O)CSC[C@H](N)C(=O)O)C(=O)CO.O=C(O)C(F)(F)F. The van der Waals surface area contributed by atoms with Crippen LogP contribution in [0.3, 0.4) is 0 Å². The summed E-state index contributed by atoms with van der Waals surface area (Å²) >= 11 is 1.13. The molecule has 20 heteroatoms. The molecule has 0 spiro atoms. The van der Waals surface area contributed by atoms with Crippen LogP contribution in [-0.4, -0.2) is 109 Å². The van der Waals surface area contributed by atoms with Crippen LogP contribution in [0, 0.1) is 17.0 Å². The number of amides is 2. The van der Waals surface area contributed by atoms with E-state index in [-0.39, 0.29) is 48.9 Å². The van der Waals surface area contributed by atoms with E-state index < -0.39 is 71.7 Å². The Balaban J connectivity index is 0.00000146. The summed E-state index contributed by atoms with van der Waals surface area (Å²) < 4.78 is 62.1. The van der Waals surface area contributed by atoms with Crippen molar-refractivity contribution >= 4 is 41.3 Å². The van der Waals surface area contributed by atoms with Gasteiger partial charge in [-0.1, -0.05) is 51.1 Å². The van der Waals surface area contributed by atoms with E-state index >= 15 is 0 Å². The smallest absolute Gasteiger partial charge is 0.480 e. The zero-order chi connectivity index (χ0) is 43.1. The van der Waals surface area contributed by atoms with E-state index in [2.05, 4.69) is 5.32 Å². The second kappa shape index (κ2) is 22.1. The molecule has 2 amide bonds. The van der Waals surface area contributed by atoms with Gasteiger partial charge in [0.25, 0.3) is 0 Å². The number of carboxylic acid groups (broad SMARTS) is 2. The number of nitrogens with one attached hydrogen (secondary N) is 1. The quantitative estimate of drug-likeness (QED) is 0.0752. The third kappa shape index (κ3) is 15.9. The molecule has 0 saturated carbocycles. The first-order chi connectivity index (χ1) is 26.6. The summed E-state index contributed by atoms with van der Waals surface area (Å²) in [6.45, 7) is 4.98. The highest BCUT2D eigenvalue weighted by Crippen LogP contribution is 2.40. The fourth-order valence-electron chi connectivity index (χ4n) is 5.38. The minimum atomic E-state index is -5.08. The number of hydrogen-bond acceptors (Lipinski definition) is 10. The number of alkyl halides is 3. The number of benzene rings is 2. The highest BCUT2D eigenvalue weighted by atomic mass is 32.2. The Morgan fingerprint density at radius 3 is 2.18 bits per heavy atom. The van der Waals surface area contributed by atoms with Crippen LogP contribution >= 0.6 is 11.8 Å². The van der Waals surface area contributed by atoms with Crippen LogP contribution in [0.5, 0.6) is 0 Å². The topological polar surface area (TPSA) is 231 Å². The molecule has 0 aliphatic heterocycles. The molecule has 57 heavy (non-hydrogen) atoms. The molecule has 0 bridgehead atoms. The zero-order valence-electron chi connectivity index (χ0n) is 31.5. The predicted octanol–water partition coefficient (Wildman–Crippen LogP) is 3.61. The molecule has 2 aromatic carbocycles. The Labute approximate surface area is 329 Å². The van der Waals surface area contributed by atoms with Crippen molar-refractivity contribution < 1.29 is 61.2 Å². The maximum atomic E-state index is 14.9. The van der Waals surface area contributed by atoms with Crippen LogP contribution < -0.4 is 16.8 Å². The number of halogens is 5. The van der Waals surface area contributed by atoms with Gasteiger partial charge >= 0.3 is 18.1 Å². The number of aliphatic hydroxyl groups is 1. The number of Topliss-reactive ketones (excluding diaryl/α,β-unsaturated/α-hetero) is 1. The van der Waals surface area contributed by atoms with Gasteiger partial charge in [-0.25, -0.2) is 18.3 Å². The molecule has 0 fully saturated rings. The number of carbonyl (C=O) groups is 5. The van der Waals surface area contributed by atoms with Crippen molar-refractivity contribution in [2.24, 2.45) is 16.9 Å². The summed E-state index contributed by atoms with van der Waals surface area (Å²) in [5, 5.41) is 33.4. The molecule has 0 aliphatic rings. The van der Waals surface area contributed by atoms with Crippen molar-refractivity contribution in [2.75, 3.05) is 31.2 Å². The molecule has 0 unspecified atom stereocenters. The number of aromatic nitrogens is 2. The van der Waals surface area contributed by atoms with Crippen molar-refractivity contribution in [3.05, 3.63) is 83.2 Å². The lowest BCUT2D eigenvalue weighted by Crippen LogP contribution is -2.47. The number of nitrogens with two attached hydrogens (primary N) is 2. The monoisotopic (exact) mass is 830 g/mol. The number of aliphatic hydroxyl groups excluding tert-OH is 1. The molecule has 0 radical (unpaired) electrons. The third-order valence-corrected chi connectivity index (χ3v) is 9.25. The Hall–Kier alpha value is -4.92. The van der Waals surface area contributed by atoms with E-state index in [0.29, 0.717) is 24.1 Å². The molecule has 14 nitrogen and oxygen atoms in total. The van der Waals surface area contributed by atoms with Gasteiger partial charge in [-0.05, 0) is 36.0 Å². The Kier molecular flexibility index (Phi) is 18.7. The van der Waals surface area contributed by atoms with Gasteiger partial charge < -0.3 is 37.0 Å². The van der Waals surface area contributed by atoms with E-state index in [9.17, 15) is 46.2 Å². The molecule has 1 heterocycles. The highest BCUT2D eigenvalue weighted by Gasteiger charge is 2.39. The zero-order valence-corrected chi connectivity index (χ0v) is 32.3. The fourth-order valence-corrected chi connectivity index (χ4v) is 6.27. The summed E-state index contributed by atoms with van der Waals surface area (Å²) in [7, 11) is 0. The fraction of sp³-hybridized carbons (Fsp3) is 0.459. The summed E-state index contributed by atoms with van der Waals surface area (Å²) in [5.41, 5.74) is 12.8. The Morgan fingerprint density at radius 1 is 0.982 bits per heavy atom. The second-order valence-corrected chi connectivity index (χ2v) is 14.9. The molecule has 3 rings (SSSR count).